The molecule has 2 aromatic rings. The van der Waals surface area contributed by atoms with Crippen molar-refractivity contribution in [1.82, 2.24) is 9.97 Å². The SMILES string of the molecule is CCNc1nc(-c2cc(C)c(C)cc2C)nc2c1CSC2. The summed E-state index contributed by atoms with van der Waals surface area (Å²) in [5, 5.41) is 3.40. The van der Waals surface area contributed by atoms with Crippen molar-refractivity contribution < 1.29 is 0 Å². The molecule has 1 aliphatic heterocycles. The number of nitrogens with one attached hydrogen (secondary N) is 1. The zero-order valence-corrected chi connectivity index (χ0v) is 13.9. The van der Waals surface area contributed by atoms with Crippen LogP contribution >= 0.6 is 11.8 Å². The smallest absolute Gasteiger partial charge is 0.162 e. The zero-order chi connectivity index (χ0) is 15.0. The van der Waals surface area contributed by atoms with Crippen LogP contribution in [0.3, 0.4) is 0 Å². The van der Waals surface area contributed by atoms with Gasteiger partial charge in [-0.25, -0.2) is 9.97 Å². The van der Waals surface area contributed by atoms with Gasteiger partial charge < -0.3 is 5.32 Å². The third-order valence-electron chi connectivity index (χ3n) is 4.00. The second-order valence-corrected chi connectivity index (χ2v) is 6.58. The fraction of sp³-hybridized carbons (Fsp3) is 0.412. The number of hydrogen-bond donors (Lipinski definition) is 1. The third kappa shape index (κ3) is 2.64. The van der Waals surface area contributed by atoms with Crippen molar-refractivity contribution in [3.63, 3.8) is 0 Å². The second kappa shape index (κ2) is 5.68. The molecule has 4 heteroatoms. The van der Waals surface area contributed by atoms with E-state index >= 15 is 0 Å². The molecule has 0 bridgehead atoms. The lowest BCUT2D eigenvalue weighted by Crippen LogP contribution is -2.07. The van der Waals surface area contributed by atoms with Crippen LogP contribution in [0.15, 0.2) is 12.1 Å². The summed E-state index contributed by atoms with van der Waals surface area (Å²) in [6.07, 6.45) is 0. The Bertz CT molecular complexity index is 695. The number of fused-ring (bicyclic) bond motifs is 1. The number of aromatic nitrogens is 2. The van der Waals surface area contributed by atoms with Crippen molar-refractivity contribution in [2.24, 2.45) is 0 Å². The first-order valence-corrected chi connectivity index (χ1v) is 8.55. The number of anilines is 1. The highest BCUT2D eigenvalue weighted by molar-refractivity contribution is 7.98. The molecular formula is C17H21N3S. The summed E-state index contributed by atoms with van der Waals surface area (Å²) in [7, 11) is 0. The van der Waals surface area contributed by atoms with Gasteiger partial charge in [-0.15, -0.1) is 0 Å². The van der Waals surface area contributed by atoms with E-state index in [9.17, 15) is 0 Å². The van der Waals surface area contributed by atoms with Crippen molar-refractivity contribution in [1.29, 1.82) is 0 Å². The minimum absolute atomic E-state index is 0.854. The van der Waals surface area contributed by atoms with E-state index in [4.69, 9.17) is 9.97 Å². The number of hydrogen-bond acceptors (Lipinski definition) is 4. The molecule has 1 aromatic heterocycles. The Balaban J connectivity index is 2.15. The monoisotopic (exact) mass is 299 g/mol. The molecule has 2 heterocycles. The third-order valence-corrected chi connectivity index (χ3v) is 4.97. The van der Waals surface area contributed by atoms with Gasteiger partial charge in [-0.2, -0.15) is 11.8 Å². The summed E-state index contributed by atoms with van der Waals surface area (Å²) in [4.78, 5) is 9.63. The van der Waals surface area contributed by atoms with Crippen LogP contribution in [-0.4, -0.2) is 16.5 Å². The Morgan fingerprint density at radius 1 is 1.05 bits per heavy atom. The van der Waals surface area contributed by atoms with Crippen LogP contribution in [0.25, 0.3) is 11.4 Å². The Morgan fingerprint density at radius 2 is 1.81 bits per heavy atom. The van der Waals surface area contributed by atoms with Crippen LogP contribution < -0.4 is 5.32 Å². The molecule has 1 aliphatic rings. The van der Waals surface area contributed by atoms with E-state index in [1.54, 1.807) is 0 Å². The average Bonchev–Trinajstić information content (AvgIpc) is 2.91. The molecule has 0 saturated carbocycles. The van der Waals surface area contributed by atoms with Crippen molar-refractivity contribution in [3.05, 3.63) is 40.1 Å². The highest BCUT2D eigenvalue weighted by Gasteiger charge is 2.20. The minimum atomic E-state index is 0.854. The number of nitrogens with zero attached hydrogens (tertiary/aromatic N) is 2. The summed E-state index contributed by atoms with van der Waals surface area (Å²) in [5.41, 5.74) is 7.48. The van der Waals surface area contributed by atoms with Crippen LogP contribution in [0, 0.1) is 20.8 Å². The largest absolute Gasteiger partial charge is 0.370 e. The van der Waals surface area contributed by atoms with E-state index in [0.717, 1.165) is 35.3 Å². The summed E-state index contributed by atoms with van der Waals surface area (Å²) < 4.78 is 0. The van der Waals surface area contributed by atoms with Crippen LogP contribution in [0.4, 0.5) is 5.82 Å². The molecule has 0 spiro atoms. The van der Waals surface area contributed by atoms with Crippen molar-refractivity contribution in [3.8, 4) is 11.4 Å². The van der Waals surface area contributed by atoms with E-state index < -0.39 is 0 Å². The lowest BCUT2D eigenvalue weighted by atomic mass is 10.00. The molecule has 0 amide bonds. The predicted octanol–water partition coefficient (Wildman–Crippen LogP) is 4.25. The summed E-state index contributed by atoms with van der Waals surface area (Å²) in [6, 6.07) is 4.44. The molecule has 3 nitrogen and oxygen atoms in total. The molecule has 0 aliphatic carbocycles. The van der Waals surface area contributed by atoms with Gasteiger partial charge in [-0.3, -0.25) is 0 Å². The summed E-state index contributed by atoms with van der Waals surface area (Å²) >= 11 is 1.91. The van der Waals surface area contributed by atoms with Crippen molar-refractivity contribution in [2.45, 2.75) is 39.2 Å². The van der Waals surface area contributed by atoms with Crippen LogP contribution in [-0.2, 0) is 11.5 Å². The second-order valence-electron chi connectivity index (χ2n) is 5.60. The number of thioether (sulfide) groups is 1. The molecule has 3 rings (SSSR count). The van der Waals surface area contributed by atoms with Gasteiger partial charge >= 0.3 is 0 Å². The highest BCUT2D eigenvalue weighted by Crippen LogP contribution is 2.35. The Kier molecular flexibility index (Phi) is 3.89. The Hall–Kier alpha value is -1.55. The van der Waals surface area contributed by atoms with Gasteiger partial charge in [0, 0.05) is 29.2 Å². The number of rotatable bonds is 3. The van der Waals surface area contributed by atoms with Crippen LogP contribution in [0.5, 0.6) is 0 Å². The zero-order valence-electron chi connectivity index (χ0n) is 13.1. The van der Waals surface area contributed by atoms with E-state index in [2.05, 4.69) is 45.1 Å². The van der Waals surface area contributed by atoms with Gasteiger partial charge in [0.15, 0.2) is 5.82 Å². The molecule has 110 valence electrons. The van der Waals surface area contributed by atoms with Gasteiger partial charge in [0.05, 0.1) is 5.69 Å². The molecule has 1 aromatic carbocycles. The first-order valence-electron chi connectivity index (χ1n) is 7.39. The normalized spacial score (nSPS) is 13.3. The lowest BCUT2D eigenvalue weighted by molar-refractivity contribution is 1.04. The molecular weight excluding hydrogens is 278 g/mol. The number of benzene rings is 1. The fourth-order valence-corrected chi connectivity index (χ4v) is 3.73. The molecule has 0 saturated heterocycles. The molecule has 0 atom stereocenters. The maximum atomic E-state index is 4.83. The van der Waals surface area contributed by atoms with Gasteiger partial charge in [-0.1, -0.05) is 6.07 Å². The van der Waals surface area contributed by atoms with E-state index in [1.165, 1.54) is 27.9 Å². The predicted molar refractivity (Wildman–Crippen MR) is 90.8 cm³/mol. The first-order chi connectivity index (χ1) is 10.1. The van der Waals surface area contributed by atoms with Gasteiger partial charge in [-0.05, 0) is 50.5 Å². The van der Waals surface area contributed by atoms with Crippen LogP contribution in [0.2, 0.25) is 0 Å². The van der Waals surface area contributed by atoms with Crippen molar-refractivity contribution >= 4 is 17.6 Å². The summed E-state index contributed by atoms with van der Waals surface area (Å²) in [5.74, 6) is 3.88. The van der Waals surface area contributed by atoms with Gasteiger partial charge in [0.2, 0.25) is 0 Å². The topological polar surface area (TPSA) is 37.8 Å². The van der Waals surface area contributed by atoms with E-state index in [1.807, 2.05) is 11.8 Å². The maximum absolute atomic E-state index is 4.83. The Morgan fingerprint density at radius 3 is 2.57 bits per heavy atom. The van der Waals surface area contributed by atoms with E-state index in [0.29, 0.717) is 0 Å². The first kappa shape index (κ1) is 14.4. The quantitative estimate of drug-likeness (QED) is 0.919. The van der Waals surface area contributed by atoms with Crippen LogP contribution in [0.1, 0.15) is 34.9 Å². The molecule has 0 radical (unpaired) electrons. The molecule has 0 unspecified atom stereocenters. The molecule has 1 N–H and O–H groups in total. The van der Waals surface area contributed by atoms with Gasteiger partial charge in [0.25, 0.3) is 0 Å². The standard InChI is InChI=1S/C17H21N3S/c1-5-18-16-14-8-21-9-15(14)19-17(20-16)13-7-11(3)10(2)6-12(13)4/h6-7H,5,8-9H2,1-4H3,(H,18,19,20). The Labute approximate surface area is 130 Å². The highest BCUT2D eigenvalue weighted by atomic mass is 32.2. The lowest BCUT2D eigenvalue weighted by Gasteiger charge is -2.13. The van der Waals surface area contributed by atoms with E-state index in [-0.39, 0.29) is 0 Å². The number of aryl methyl sites for hydroxylation is 3. The van der Waals surface area contributed by atoms with Crippen molar-refractivity contribution in [2.75, 3.05) is 11.9 Å². The molecule has 21 heavy (non-hydrogen) atoms. The maximum Gasteiger partial charge on any atom is 0.162 e. The fourth-order valence-electron chi connectivity index (χ4n) is 2.69. The minimum Gasteiger partial charge on any atom is -0.370 e. The van der Waals surface area contributed by atoms with Gasteiger partial charge in [0.1, 0.15) is 5.82 Å². The molecule has 0 fully saturated rings. The average molecular weight is 299 g/mol. The summed E-state index contributed by atoms with van der Waals surface area (Å²) in [6.45, 7) is 9.43.